The summed E-state index contributed by atoms with van der Waals surface area (Å²) in [6, 6.07) is 0. The second-order valence-corrected chi connectivity index (χ2v) is 1.00. The Bertz CT molecular complexity index is 67.0. The Morgan fingerprint density at radius 1 is 1.22 bits per heavy atom. The summed E-state index contributed by atoms with van der Waals surface area (Å²) in [6.45, 7) is 0. The Morgan fingerprint density at radius 2 is 1.78 bits per heavy atom. The van der Waals surface area contributed by atoms with Gasteiger partial charge in [-0.05, 0) is 0 Å². The van der Waals surface area contributed by atoms with Crippen molar-refractivity contribution in [2.45, 2.75) is 6.42 Å². The molecule has 1 aliphatic rings. The molecule has 1 rings (SSSR count). The number of hydrogen-bond donors (Lipinski definition) is 0. The predicted octanol–water partition coefficient (Wildman–Crippen LogP) is -0.792. The summed E-state index contributed by atoms with van der Waals surface area (Å²) in [5, 5.41) is 0. The van der Waals surface area contributed by atoms with E-state index in [4.69, 9.17) is 0 Å². The molecule has 0 aromatic rings. The van der Waals surface area contributed by atoms with Crippen molar-refractivity contribution < 1.29 is 34.1 Å². The molecule has 0 aromatic carbocycles. The SMILES string of the molecule is [C-]1=CC=CC1.[CH3-].[CH3-].[Cl-].[Ti+4]. The fraction of sp³-hybridized carbons (Fsp3) is 0.143. The summed E-state index contributed by atoms with van der Waals surface area (Å²) in [6.07, 6.45) is 10.0. The molecule has 50 valence electrons. The van der Waals surface area contributed by atoms with Gasteiger partial charge in [-0.25, -0.2) is 12.2 Å². The minimum absolute atomic E-state index is 0. The Hall–Kier alpha value is 0.484. The topological polar surface area (TPSA) is 0 Å². The van der Waals surface area contributed by atoms with E-state index < -0.39 is 0 Å². The molecule has 9 heavy (non-hydrogen) atoms. The zero-order valence-electron chi connectivity index (χ0n) is 5.82. The van der Waals surface area contributed by atoms with Gasteiger partial charge in [0.2, 0.25) is 0 Å². The fourth-order valence-electron chi connectivity index (χ4n) is 0.340. The van der Waals surface area contributed by atoms with Crippen molar-refractivity contribution in [3.8, 4) is 0 Å². The maximum absolute atomic E-state index is 2.99. The molecule has 0 radical (unpaired) electrons. The predicted molar refractivity (Wildman–Crippen MR) is 34.4 cm³/mol. The van der Waals surface area contributed by atoms with E-state index in [1.165, 1.54) is 0 Å². The summed E-state index contributed by atoms with van der Waals surface area (Å²) < 4.78 is 0. The van der Waals surface area contributed by atoms with Gasteiger partial charge in [-0.15, -0.1) is 6.42 Å². The summed E-state index contributed by atoms with van der Waals surface area (Å²) >= 11 is 0. The maximum Gasteiger partial charge on any atom is 4.00 e. The molecule has 0 spiro atoms. The van der Waals surface area contributed by atoms with Crippen LogP contribution in [0.25, 0.3) is 0 Å². The number of halogens is 1. The number of allylic oxidation sites excluding steroid dienone is 4. The van der Waals surface area contributed by atoms with E-state index in [1.807, 2.05) is 12.2 Å². The molecule has 1 aliphatic carbocycles. The van der Waals surface area contributed by atoms with E-state index in [0.29, 0.717) is 0 Å². The van der Waals surface area contributed by atoms with Crippen molar-refractivity contribution in [2.75, 3.05) is 0 Å². The van der Waals surface area contributed by atoms with Crippen LogP contribution < -0.4 is 12.4 Å². The first-order valence-corrected chi connectivity index (χ1v) is 1.72. The zero-order chi connectivity index (χ0) is 3.54. The van der Waals surface area contributed by atoms with Crippen LogP contribution in [-0.4, -0.2) is 0 Å². The largest absolute Gasteiger partial charge is 4.00 e. The second kappa shape index (κ2) is 15.8. The standard InChI is InChI=1S/C5H5.2CH3.ClH.Ti/c1-2-4-5-3-1;;;;/h1-3H,4H2;2*1H3;1H;/q3*-1;;+4/p-1. The van der Waals surface area contributed by atoms with Crippen LogP contribution in [0.15, 0.2) is 18.2 Å². The van der Waals surface area contributed by atoms with E-state index in [1.54, 1.807) is 0 Å². The smallest absolute Gasteiger partial charge is 1.00 e. The Balaban J connectivity index is -0.0000000312. The van der Waals surface area contributed by atoms with Crippen molar-refractivity contribution in [3.63, 3.8) is 0 Å². The summed E-state index contributed by atoms with van der Waals surface area (Å²) in [4.78, 5) is 0. The van der Waals surface area contributed by atoms with Crippen LogP contribution in [0, 0.1) is 20.9 Å². The molecular formula is C7H11ClTi. The molecule has 0 atom stereocenters. The third-order valence-corrected chi connectivity index (χ3v) is 0.586. The average Bonchev–Trinajstić information content (AvgIpc) is 1.76. The second-order valence-electron chi connectivity index (χ2n) is 1.00. The van der Waals surface area contributed by atoms with Gasteiger partial charge in [-0.2, -0.15) is 6.08 Å². The Kier molecular flexibility index (Phi) is 39.9. The number of hydrogen-bond acceptors (Lipinski definition) is 0. The monoisotopic (exact) mass is 178 g/mol. The van der Waals surface area contributed by atoms with Gasteiger partial charge < -0.3 is 27.3 Å². The molecule has 0 aromatic heterocycles. The summed E-state index contributed by atoms with van der Waals surface area (Å²) in [7, 11) is 0. The third kappa shape index (κ3) is 11.9. The first-order chi connectivity index (χ1) is 2.50. The van der Waals surface area contributed by atoms with Gasteiger partial charge in [0, 0.05) is 0 Å². The summed E-state index contributed by atoms with van der Waals surface area (Å²) in [5.74, 6) is 0. The molecule has 0 unspecified atom stereocenters. The molecule has 0 heterocycles. The molecule has 0 amide bonds. The van der Waals surface area contributed by atoms with Gasteiger partial charge in [0.25, 0.3) is 0 Å². The molecule has 0 aliphatic heterocycles. The zero-order valence-corrected chi connectivity index (χ0v) is 8.13. The number of rotatable bonds is 0. The van der Waals surface area contributed by atoms with Crippen molar-refractivity contribution in [1.29, 1.82) is 0 Å². The van der Waals surface area contributed by atoms with Gasteiger partial charge in [0.15, 0.2) is 0 Å². The molecule has 2 heteroatoms. The van der Waals surface area contributed by atoms with Crippen LogP contribution >= 0.6 is 0 Å². The van der Waals surface area contributed by atoms with E-state index in [2.05, 4.69) is 12.2 Å². The molecule has 0 saturated carbocycles. The van der Waals surface area contributed by atoms with Gasteiger partial charge in [-0.3, -0.25) is 6.08 Å². The van der Waals surface area contributed by atoms with Crippen LogP contribution in [-0.2, 0) is 21.7 Å². The van der Waals surface area contributed by atoms with E-state index in [0.717, 1.165) is 6.42 Å². The van der Waals surface area contributed by atoms with Crippen LogP contribution in [0.1, 0.15) is 6.42 Å². The minimum atomic E-state index is 0. The van der Waals surface area contributed by atoms with Crippen molar-refractivity contribution in [2.24, 2.45) is 0 Å². The van der Waals surface area contributed by atoms with Gasteiger partial charge >= 0.3 is 21.7 Å². The quantitative estimate of drug-likeness (QED) is 0.337. The van der Waals surface area contributed by atoms with E-state index in [-0.39, 0.29) is 49.0 Å². The maximum atomic E-state index is 2.99. The van der Waals surface area contributed by atoms with Crippen LogP contribution in [0.4, 0.5) is 0 Å². The normalized spacial score (nSPS) is 9.78. The van der Waals surface area contributed by atoms with Gasteiger partial charge in [0.1, 0.15) is 0 Å². The van der Waals surface area contributed by atoms with E-state index >= 15 is 0 Å². The molecule has 0 bridgehead atoms. The van der Waals surface area contributed by atoms with Crippen LogP contribution in [0.2, 0.25) is 0 Å². The van der Waals surface area contributed by atoms with Gasteiger partial charge in [-0.1, -0.05) is 0 Å². The molecule has 0 fully saturated rings. The van der Waals surface area contributed by atoms with E-state index in [9.17, 15) is 0 Å². The van der Waals surface area contributed by atoms with Crippen LogP contribution in [0.5, 0.6) is 0 Å². The molecule has 0 N–H and O–H groups in total. The first kappa shape index (κ1) is 22.7. The fourth-order valence-corrected chi connectivity index (χ4v) is 0.340. The van der Waals surface area contributed by atoms with Crippen LogP contribution in [0.3, 0.4) is 0 Å². The molecular weight excluding hydrogens is 167 g/mol. The van der Waals surface area contributed by atoms with Crippen molar-refractivity contribution in [3.05, 3.63) is 39.2 Å². The molecule has 0 nitrogen and oxygen atoms in total. The minimum Gasteiger partial charge on any atom is -1.00 e. The molecule has 0 saturated heterocycles. The van der Waals surface area contributed by atoms with Gasteiger partial charge in [0.05, 0.1) is 0 Å². The van der Waals surface area contributed by atoms with Crippen molar-refractivity contribution >= 4 is 0 Å². The Morgan fingerprint density at radius 3 is 1.89 bits per heavy atom. The van der Waals surface area contributed by atoms with Crippen molar-refractivity contribution in [1.82, 2.24) is 0 Å². The average molecular weight is 178 g/mol. The first-order valence-electron chi connectivity index (χ1n) is 1.72. The Labute approximate surface area is 79.7 Å². The third-order valence-electron chi connectivity index (χ3n) is 0.586. The summed E-state index contributed by atoms with van der Waals surface area (Å²) in [5.41, 5.74) is 0.